The molecule has 20 heavy (non-hydrogen) atoms. The van der Waals surface area contributed by atoms with E-state index in [0.29, 0.717) is 5.69 Å². The highest BCUT2D eigenvalue weighted by molar-refractivity contribution is 5.92. The van der Waals surface area contributed by atoms with Crippen LogP contribution in [0.2, 0.25) is 0 Å². The molecule has 0 bridgehead atoms. The summed E-state index contributed by atoms with van der Waals surface area (Å²) in [5.74, 6) is -0.154. The maximum Gasteiger partial charge on any atom is 0.271 e. The topological polar surface area (TPSA) is 61.4 Å². The van der Waals surface area contributed by atoms with Crippen molar-refractivity contribution in [2.75, 3.05) is 39.8 Å². The smallest absolute Gasteiger partial charge is 0.271 e. The van der Waals surface area contributed by atoms with Crippen LogP contribution >= 0.6 is 0 Å². The summed E-state index contributed by atoms with van der Waals surface area (Å²) in [6.07, 6.45) is 3.13. The molecule has 1 amide bonds. The molecule has 1 fully saturated rings. The third kappa shape index (κ3) is 4.25. The number of likely N-dealkylation sites (N-methyl/N-ethyl adjacent to an activating group) is 1. The first-order valence-electron chi connectivity index (χ1n) is 7.05. The molecule has 1 aromatic rings. The van der Waals surface area contributed by atoms with Gasteiger partial charge in [-0.05, 0) is 20.9 Å². The predicted molar refractivity (Wildman–Crippen MR) is 77.6 cm³/mol. The Kier molecular flexibility index (Phi) is 5.03. The highest BCUT2D eigenvalue weighted by atomic mass is 16.1. The van der Waals surface area contributed by atoms with Gasteiger partial charge in [-0.15, -0.1) is 0 Å². The number of aryl methyl sites for hydroxylation is 1. The van der Waals surface area contributed by atoms with Crippen LogP contribution in [0.25, 0.3) is 0 Å². The van der Waals surface area contributed by atoms with E-state index in [-0.39, 0.29) is 11.9 Å². The van der Waals surface area contributed by atoms with E-state index in [2.05, 4.69) is 32.1 Å². The summed E-state index contributed by atoms with van der Waals surface area (Å²) in [6.45, 7) is 9.04. The van der Waals surface area contributed by atoms with Crippen LogP contribution in [-0.2, 0) is 0 Å². The summed E-state index contributed by atoms with van der Waals surface area (Å²) >= 11 is 0. The minimum atomic E-state index is -0.154. The highest BCUT2D eigenvalue weighted by Crippen LogP contribution is 2.01. The number of rotatable bonds is 4. The van der Waals surface area contributed by atoms with Gasteiger partial charge in [-0.1, -0.05) is 0 Å². The van der Waals surface area contributed by atoms with Crippen LogP contribution in [0.5, 0.6) is 0 Å². The number of hydrogen-bond donors (Lipinski definition) is 1. The molecule has 0 spiro atoms. The van der Waals surface area contributed by atoms with Gasteiger partial charge in [-0.2, -0.15) is 0 Å². The molecule has 1 saturated heterocycles. The van der Waals surface area contributed by atoms with Gasteiger partial charge in [-0.25, -0.2) is 4.98 Å². The number of carbonyl (C=O) groups is 1. The summed E-state index contributed by atoms with van der Waals surface area (Å²) in [7, 11) is 2.14. The third-order valence-electron chi connectivity index (χ3n) is 3.52. The predicted octanol–water partition coefficient (Wildman–Crippen LogP) is 0.151. The fraction of sp³-hybridized carbons (Fsp3) is 0.643. The number of carbonyl (C=O) groups excluding carboxylic acids is 1. The first-order chi connectivity index (χ1) is 9.54. The van der Waals surface area contributed by atoms with Crippen molar-refractivity contribution in [1.82, 2.24) is 25.1 Å². The zero-order valence-electron chi connectivity index (χ0n) is 12.5. The molecule has 1 atom stereocenters. The lowest BCUT2D eigenvalue weighted by molar-refractivity contribution is 0.0909. The molecule has 0 aromatic carbocycles. The van der Waals surface area contributed by atoms with Gasteiger partial charge in [-0.3, -0.25) is 14.7 Å². The van der Waals surface area contributed by atoms with E-state index >= 15 is 0 Å². The van der Waals surface area contributed by atoms with Crippen molar-refractivity contribution >= 4 is 5.91 Å². The van der Waals surface area contributed by atoms with Crippen LogP contribution in [0.3, 0.4) is 0 Å². The van der Waals surface area contributed by atoms with Crippen LogP contribution in [-0.4, -0.2) is 71.5 Å². The zero-order valence-corrected chi connectivity index (χ0v) is 12.5. The highest BCUT2D eigenvalue weighted by Gasteiger charge is 2.18. The van der Waals surface area contributed by atoms with E-state index < -0.39 is 0 Å². The molecule has 0 radical (unpaired) electrons. The Morgan fingerprint density at radius 1 is 1.30 bits per heavy atom. The Hall–Kier alpha value is -1.53. The van der Waals surface area contributed by atoms with Crippen molar-refractivity contribution in [3.8, 4) is 0 Å². The van der Waals surface area contributed by atoms with E-state index in [9.17, 15) is 4.79 Å². The fourth-order valence-corrected chi connectivity index (χ4v) is 2.27. The molecular weight excluding hydrogens is 254 g/mol. The van der Waals surface area contributed by atoms with Gasteiger partial charge in [0.25, 0.3) is 5.91 Å². The first-order valence-corrected chi connectivity index (χ1v) is 7.05. The number of aromatic nitrogens is 2. The van der Waals surface area contributed by atoms with Crippen molar-refractivity contribution < 1.29 is 4.79 Å². The Balaban J connectivity index is 1.80. The second-order valence-corrected chi connectivity index (χ2v) is 5.52. The second-order valence-electron chi connectivity index (χ2n) is 5.52. The summed E-state index contributed by atoms with van der Waals surface area (Å²) in [4.78, 5) is 24.9. The number of hydrogen-bond acceptors (Lipinski definition) is 5. The Labute approximate surface area is 120 Å². The van der Waals surface area contributed by atoms with Crippen LogP contribution < -0.4 is 5.32 Å². The van der Waals surface area contributed by atoms with Crippen molar-refractivity contribution in [3.63, 3.8) is 0 Å². The van der Waals surface area contributed by atoms with Crippen molar-refractivity contribution in [3.05, 3.63) is 23.8 Å². The largest absolute Gasteiger partial charge is 0.347 e. The SMILES string of the molecule is Cc1cnc(C(=O)NC(C)CN2CCN(C)CC2)cn1. The van der Waals surface area contributed by atoms with Gasteiger partial charge in [0, 0.05) is 45.0 Å². The summed E-state index contributed by atoms with van der Waals surface area (Å²) in [5, 5.41) is 2.98. The summed E-state index contributed by atoms with van der Waals surface area (Å²) < 4.78 is 0. The number of nitrogens with one attached hydrogen (secondary N) is 1. The minimum Gasteiger partial charge on any atom is -0.347 e. The van der Waals surface area contributed by atoms with Gasteiger partial charge < -0.3 is 10.2 Å². The Morgan fingerprint density at radius 2 is 2.00 bits per heavy atom. The van der Waals surface area contributed by atoms with Gasteiger partial charge in [0.2, 0.25) is 0 Å². The maximum atomic E-state index is 12.0. The molecule has 2 rings (SSSR count). The lowest BCUT2D eigenvalue weighted by Gasteiger charge is -2.34. The molecule has 1 aliphatic heterocycles. The van der Waals surface area contributed by atoms with Gasteiger partial charge in [0.15, 0.2) is 0 Å². The van der Waals surface area contributed by atoms with Gasteiger partial charge in [0.1, 0.15) is 5.69 Å². The molecule has 0 aliphatic carbocycles. The quantitative estimate of drug-likeness (QED) is 0.849. The Morgan fingerprint density at radius 3 is 2.60 bits per heavy atom. The lowest BCUT2D eigenvalue weighted by atomic mass is 10.2. The summed E-state index contributed by atoms with van der Waals surface area (Å²) in [6, 6.07) is 0.106. The number of piperazine rings is 1. The molecule has 6 heteroatoms. The van der Waals surface area contributed by atoms with E-state index in [1.165, 1.54) is 6.20 Å². The standard InChI is InChI=1S/C14H23N5O/c1-11-8-16-13(9-15-11)14(20)17-12(2)10-19-6-4-18(3)5-7-19/h8-9,12H,4-7,10H2,1-3H3,(H,17,20). The summed E-state index contributed by atoms with van der Waals surface area (Å²) in [5.41, 5.74) is 1.19. The van der Waals surface area contributed by atoms with Crippen LogP contribution in [0.4, 0.5) is 0 Å². The molecular formula is C14H23N5O. The molecule has 1 aliphatic rings. The molecule has 2 heterocycles. The lowest BCUT2D eigenvalue weighted by Crippen LogP contribution is -2.49. The zero-order chi connectivity index (χ0) is 14.5. The average molecular weight is 277 g/mol. The van der Waals surface area contributed by atoms with E-state index in [1.807, 2.05) is 13.8 Å². The maximum absolute atomic E-state index is 12.0. The molecule has 6 nitrogen and oxygen atoms in total. The molecule has 1 unspecified atom stereocenters. The molecule has 0 saturated carbocycles. The second kappa shape index (κ2) is 6.76. The molecule has 110 valence electrons. The van der Waals surface area contributed by atoms with Crippen LogP contribution in [0.1, 0.15) is 23.1 Å². The van der Waals surface area contributed by atoms with Gasteiger partial charge >= 0.3 is 0 Å². The first kappa shape index (κ1) is 14.9. The van der Waals surface area contributed by atoms with Gasteiger partial charge in [0.05, 0.1) is 11.9 Å². The monoisotopic (exact) mass is 277 g/mol. The normalized spacial score (nSPS) is 18.8. The average Bonchev–Trinajstić information content (AvgIpc) is 2.42. The van der Waals surface area contributed by atoms with Crippen LogP contribution in [0.15, 0.2) is 12.4 Å². The van der Waals surface area contributed by atoms with Crippen molar-refractivity contribution in [1.29, 1.82) is 0 Å². The molecule has 1 N–H and O–H groups in total. The number of amides is 1. The Bertz CT molecular complexity index is 439. The van der Waals surface area contributed by atoms with E-state index in [4.69, 9.17) is 0 Å². The fourth-order valence-electron chi connectivity index (χ4n) is 2.27. The van der Waals surface area contributed by atoms with E-state index in [1.54, 1.807) is 6.20 Å². The van der Waals surface area contributed by atoms with Crippen molar-refractivity contribution in [2.24, 2.45) is 0 Å². The number of nitrogens with zero attached hydrogens (tertiary/aromatic N) is 4. The van der Waals surface area contributed by atoms with Crippen LogP contribution in [0, 0.1) is 6.92 Å². The third-order valence-corrected chi connectivity index (χ3v) is 3.52. The minimum absolute atomic E-state index is 0.106. The van der Waals surface area contributed by atoms with Crippen molar-refractivity contribution in [2.45, 2.75) is 19.9 Å². The van der Waals surface area contributed by atoms with E-state index in [0.717, 1.165) is 38.4 Å². The molecule has 1 aromatic heterocycles.